The average Bonchev–Trinajstić information content (AvgIpc) is 2.94. The highest BCUT2D eigenvalue weighted by molar-refractivity contribution is 5.80. The van der Waals surface area contributed by atoms with Gasteiger partial charge in [0.05, 0.1) is 6.42 Å². The Bertz CT molecular complexity index is 1100. The lowest BCUT2D eigenvalue weighted by Crippen LogP contribution is -2.38. The number of hydrogen-bond acceptors (Lipinski definition) is 2. The first kappa shape index (κ1) is 15.1. The molecule has 1 N–H and O–H groups in total. The van der Waals surface area contributed by atoms with Gasteiger partial charge in [-0.05, 0) is 34.4 Å². The fourth-order valence-electron chi connectivity index (χ4n) is 4.11. The third-order valence-electron chi connectivity index (χ3n) is 5.34. The molecule has 0 aliphatic heterocycles. The van der Waals surface area contributed by atoms with Crippen molar-refractivity contribution in [3.63, 3.8) is 0 Å². The number of aromatic nitrogens is 1. The fraction of sp³-hybridized carbons (Fsp3) is 0.0870. The van der Waals surface area contributed by atoms with Crippen LogP contribution in [0.1, 0.15) is 16.8 Å². The van der Waals surface area contributed by atoms with E-state index in [1.165, 1.54) is 0 Å². The number of pyridine rings is 1. The van der Waals surface area contributed by atoms with Gasteiger partial charge in [0.15, 0.2) is 5.69 Å². The van der Waals surface area contributed by atoms with Crippen LogP contribution in [-0.4, -0.2) is 5.11 Å². The first-order valence-corrected chi connectivity index (χ1v) is 8.70. The van der Waals surface area contributed by atoms with E-state index < -0.39 is 5.60 Å². The molecular formula is C23H17NO2. The van der Waals surface area contributed by atoms with E-state index in [0.717, 1.165) is 32.4 Å². The monoisotopic (exact) mass is 339 g/mol. The van der Waals surface area contributed by atoms with Crippen LogP contribution in [0.4, 0.5) is 0 Å². The summed E-state index contributed by atoms with van der Waals surface area (Å²) in [5.74, 6) is 0. The molecule has 0 spiro atoms. The van der Waals surface area contributed by atoms with E-state index in [1.807, 2.05) is 84.9 Å². The number of para-hydroxylation sites is 1. The predicted molar refractivity (Wildman–Crippen MR) is 101 cm³/mol. The highest BCUT2D eigenvalue weighted by Gasteiger charge is 2.43. The molecule has 0 amide bonds. The van der Waals surface area contributed by atoms with E-state index in [4.69, 9.17) is 0 Å². The Labute approximate surface area is 151 Å². The lowest BCUT2D eigenvalue weighted by atomic mass is 9.86. The molecule has 0 saturated carbocycles. The molecule has 3 aromatic carbocycles. The summed E-state index contributed by atoms with van der Waals surface area (Å²) >= 11 is 0. The molecule has 0 unspecified atom stereocenters. The molecule has 3 nitrogen and oxygen atoms in total. The van der Waals surface area contributed by atoms with Gasteiger partial charge < -0.3 is 10.3 Å². The van der Waals surface area contributed by atoms with Crippen LogP contribution in [0.2, 0.25) is 0 Å². The molecule has 126 valence electrons. The van der Waals surface area contributed by atoms with Gasteiger partial charge in [-0.1, -0.05) is 60.7 Å². The van der Waals surface area contributed by atoms with Crippen molar-refractivity contribution in [3.8, 4) is 11.1 Å². The minimum Gasteiger partial charge on any atom is -0.618 e. The third kappa shape index (κ3) is 2.01. The van der Waals surface area contributed by atoms with Gasteiger partial charge in [-0.3, -0.25) is 0 Å². The quantitative estimate of drug-likeness (QED) is 0.444. The molecule has 4 aromatic rings. The van der Waals surface area contributed by atoms with Crippen LogP contribution < -0.4 is 4.73 Å². The van der Waals surface area contributed by atoms with E-state index in [-0.39, 0.29) is 6.42 Å². The van der Waals surface area contributed by atoms with E-state index in [9.17, 15) is 10.3 Å². The van der Waals surface area contributed by atoms with Crippen LogP contribution in [0.5, 0.6) is 0 Å². The highest BCUT2D eigenvalue weighted by atomic mass is 16.5. The van der Waals surface area contributed by atoms with E-state index in [2.05, 4.69) is 0 Å². The molecule has 1 aliphatic carbocycles. The summed E-state index contributed by atoms with van der Waals surface area (Å²) in [6, 6.07) is 27.0. The zero-order valence-corrected chi connectivity index (χ0v) is 14.1. The van der Waals surface area contributed by atoms with Crippen LogP contribution >= 0.6 is 0 Å². The maximum atomic E-state index is 12.9. The van der Waals surface area contributed by atoms with Crippen LogP contribution in [0.3, 0.4) is 0 Å². The molecule has 1 aromatic heterocycles. The van der Waals surface area contributed by atoms with Crippen LogP contribution in [0.15, 0.2) is 84.9 Å². The summed E-state index contributed by atoms with van der Waals surface area (Å²) in [5, 5.41) is 25.5. The second-order valence-corrected chi connectivity index (χ2v) is 6.81. The maximum Gasteiger partial charge on any atom is 0.223 e. The molecule has 3 heteroatoms. The Morgan fingerprint density at radius 1 is 0.731 bits per heavy atom. The van der Waals surface area contributed by atoms with Gasteiger partial charge in [0.1, 0.15) is 5.60 Å². The lowest BCUT2D eigenvalue weighted by molar-refractivity contribution is -0.587. The predicted octanol–water partition coefficient (Wildman–Crippen LogP) is 3.93. The summed E-state index contributed by atoms with van der Waals surface area (Å²) < 4.78 is 0.941. The summed E-state index contributed by atoms with van der Waals surface area (Å²) in [6.45, 7) is 0. The topological polar surface area (TPSA) is 47.2 Å². The standard InChI is InChI=1S/C23H17NO2/c25-23(15-17-14-13-16-7-1-6-12-22(16)24(17)26)20-10-4-2-8-18(20)19-9-3-5-11-21(19)23/h1-14,25H,15H2. The van der Waals surface area contributed by atoms with Gasteiger partial charge in [-0.25, -0.2) is 0 Å². The summed E-state index contributed by atoms with van der Waals surface area (Å²) in [7, 11) is 0. The normalized spacial score (nSPS) is 14.2. The second kappa shape index (κ2) is 5.41. The van der Waals surface area contributed by atoms with E-state index in [1.54, 1.807) is 0 Å². The number of benzene rings is 3. The minimum absolute atomic E-state index is 0.232. The smallest absolute Gasteiger partial charge is 0.223 e. The minimum atomic E-state index is -1.21. The number of aliphatic hydroxyl groups is 1. The Morgan fingerprint density at radius 2 is 1.31 bits per heavy atom. The molecule has 5 rings (SSSR count). The lowest BCUT2D eigenvalue weighted by Gasteiger charge is -2.25. The maximum absolute atomic E-state index is 12.9. The number of nitrogens with zero attached hydrogens (tertiary/aromatic N) is 1. The van der Waals surface area contributed by atoms with Gasteiger partial charge in [-0.2, -0.15) is 4.73 Å². The molecule has 0 saturated heterocycles. The van der Waals surface area contributed by atoms with Crippen LogP contribution in [0, 0.1) is 5.21 Å². The number of rotatable bonds is 2. The largest absolute Gasteiger partial charge is 0.618 e. The van der Waals surface area contributed by atoms with Crippen molar-refractivity contribution >= 4 is 10.9 Å². The molecule has 1 aliphatic rings. The van der Waals surface area contributed by atoms with Crippen molar-refractivity contribution in [1.82, 2.24) is 0 Å². The molecule has 0 fully saturated rings. The molecule has 1 heterocycles. The van der Waals surface area contributed by atoms with Crippen molar-refractivity contribution in [1.29, 1.82) is 0 Å². The average molecular weight is 339 g/mol. The fourth-order valence-corrected chi connectivity index (χ4v) is 4.11. The zero-order valence-electron chi connectivity index (χ0n) is 14.1. The number of hydrogen-bond donors (Lipinski definition) is 1. The van der Waals surface area contributed by atoms with Crippen molar-refractivity contribution in [2.45, 2.75) is 12.0 Å². The first-order chi connectivity index (χ1) is 12.7. The van der Waals surface area contributed by atoms with Gasteiger partial charge >= 0.3 is 0 Å². The second-order valence-electron chi connectivity index (χ2n) is 6.81. The van der Waals surface area contributed by atoms with E-state index >= 15 is 0 Å². The van der Waals surface area contributed by atoms with Gasteiger partial charge in [0.2, 0.25) is 5.52 Å². The molecule has 0 radical (unpaired) electrons. The molecular weight excluding hydrogens is 322 g/mol. The van der Waals surface area contributed by atoms with Crippen LogP contribution in [0.25, 0.3) is 22.0 Å². The van der Waals surface area contributed by atoms with Crippen LogP contribution in [-0.2, 0) is 12.0 Å². The number of fused-ring (bicyclic) bond motifs is 4. The van der Waals surface area contributed by atoms with Gasteiger partial charge in [0.25, 0.3) is 0 Å². The summed E-state index contributed by atoms with van der Waals surface area (Å²) in [4.78, 5) is 0. The Kier molecular flexibility index (Phi) is 3.15. The van der Waals surface area contributed by atoms with Crippen molar-refractivity contribution in [2.75, 3.05) is 0 Å². The van der Waals surface area contributed by atoms with Gasteiger partial charge in [0, 0.05) is 17.5 Å². The Hall–Kier alpha value is -3.17. The van der Waals surface area contributed by atoms with E-state index in [0.29, 0.717) is 11.2 Å². The SMILES string of the molecule is [O-][n+]1c(CC2(O)c3ccccc3-c3ccccc32)ccc2ccccc21. The molecule has 0 bridgehead atoms. The summed E-state index contributed by atoms with van der Waals surface area (Å²) in [5.41, 5.74) is 3.74. The Balaban J connectivity index is 1.70. The van der Waals surface area contributed by atoms with Crippen molar-refractivity contribution in [2.24, 2.45) is 0 Å². The third-order valence-corrected chi connectivity index (χ3v) is 5.34. The zero-order chi connectivity index (χ0) is 17.7. The summed E-state index contributed by atoms with van der Waals surface area (Å²) in [6.07, 6.45) is 0.232. The molecule has 26 heavy (non-hydrogen) atoms. The van der Waals surface area contributed by atoms with Crippen molar-refractivity contribution < 1.29 is 9.84 Å². The molecule has 0 atom stereocenters. The first-order valence-electron chi connectivity index (χ1n) is 8.70. The highest BCUT2D eigenvalue weighted by Crippen LogP contribution is 2.48. The Morgan fingerprint density at radius 3 is 2.00 bits per heavy atom. The van der Waals surface area contributed by atoms with Gasteiger partial charge in [-0.15, -0.1) is 0 Å². The van der Waals surface area contributed by atoms with Crippen molar-refractivity contribution in [3.05, 3.63) is 107 Å².